The summed E-state index contributed by atoms with van der Waals surface area (Å²) in [7, 11) is 0. The second kappa shape index (κ2) is 4.72. The van der Waals surface area contributed by atoms with Gasteiger partial charge < -0.3 is 4.74 Å². The van der Waals surface area contributed by atoms with Gasteiger partial charge in [-0.3, -0.25) is 5.43 Å². The Kier molecular flexibility index (Phi) is 3.34. The highest BCUT2D eigenvalue weighted by Crippen LogP contribution is 2.24. The zero-order valence-electron chi connectivity index (χ0n) is 8.03. The second-order valence-corrected chi connectivity index (χ2v) is 4.61. The van der Waals surface area contributed by atoms with E-state index < -0.39 is 0 Å². The van der Waals surface area contributed by atoms with Gasteiger partial charge in [0.05, 0.1) is 17.6 Å². The van der Waals surface area contributed by atoms with Gasteiger partial charge in [-0.25, -0.2) is 10.8 Å². The topological polar surface area (TPSA) is 60.2 Å². The largest absolute Gasteiger partial charge is 0.373 e. The summed E-state index contributed by atoms with van der Waals surface area (Å²) < 4.78 is 5.75. The minimum absolute atomic E-state index is 0.464. The number of hydrogen-bond donors (Lipinski definition) is 2. The van der Waals surface area contributed by atoms with Crippen molar-refractivity contribution in [3.05, 3.63) is 11.1 Å². The van der Waals surface area contributed by atoms with Crippen LogP contribution in [-0.2, 0) is 11.3 Å². The van der Waals surface area contributed by atoms with Crippen LogP contribution in [0.4, 0.5) is 5.13 Å². The van der Waals surface area contributed by atoms with E-state index in [-0.39, 0.29) is 0 Å². The SMILES string of the molecule is NNc1ncc(COC2CCCC2)s1. The Morgan fingerprint density at radius 3 is 3.00 bits per heavy atom. The summed E-state index contributed by atoms with van der Waals surface area (Å²) >= 11 is 1.54. The normalized spacial score (nSPS) is 17.5. The Hall–Kier alpha value is -0.650. The third-order valence-corrected chi connectivity index (χ3v) is 3.34. The maximum Gasteiger partial charge on any atom is 0.197 e. The number of ether oxygens (including phenoxy) is 1. The lowest BCUT2D eigenvalue weighted by molar-refractivity contribution is 0.0472. The van der Waals surface area contributed by atoms with E-state index >= 15 is 0 Å². The van der Waals surface area contributed by atoms with Crippen molar-refractivity contribution < 1.29 is 4.74 Å². The monoisotopic (exact) mass is 213 g/mol. The molecule has 1 aromatic heterocycles. The molecule has 1 saturated carbocycles. The van der Waals surface area contributed by atoms with Crippen LogP contribution < -0.4 is 11.3 Å². The number of nitrogens with two attached hydrogens (primary N) is 1. The van der Waals surface area contributed by atoms with Crippen LogP contribution in [0, 0.1) is 0 Å². The van der Waals surface area contributed by atoms with E-state index in [9.17, 15) is 0 Å². The summed E-state index contributed by atoms with van der Waals surface area (Å²) in [6.45, 7) is 0.671. The van der Waals surface area contributed by atoms with Crippen molar-refractivity contribution in [3.63, 3.8) is 0 Å². The first kappa shape index (κ1) is 9.89. The van der Waals surface area contributed by atoms with Crippen LogP contribution in [0.25, 0.3) is 0 Å². The van der Waals surface area contributed by atoms with Crippen LogP contribution >= 0.6 is 11.3 Å². The molecule has 0 unspecified atom stereocenters. The van der Waals surface area contributed by atoms with Crippen LogP contribution in [0.5, 0.6) is 0 Å². The second-order valence-electron chi connectivity index (χ2n) is 3.49. The Balaban J connectivity index is 1.79. The van der Waals surface area contributed by atoms with Gasteiger partial charge in [0.25, 0.3) is 0 Å². The first-order valence-electron chi connectivity index (χ1n) is 4.91. The maximum absolute atomic E-state index is 5.75. The van der Waals surface area contributed by atoms with E-state index in [0.717, 1.165) is 10.0 Å². The zero-order valence-corrected chi connectivity index (χ0v) is 8.85. The highest BCUT2D eigenvalue weighted by molar-refractivity contribution is 7.15. The molecule has 1 fully saturated rings. The molecule has 5 heteroatoms. The summed E-state index contributed by atoms with van der Waals surface area (Å²) in [6.07, 6.45) is 7.31. The van der Waals surface area contributed by atoms with E-state index in [1.54, 1.807) is 11.3 Å². The van der Waals surface area contributed by atoms with Gasteiger partial charge in [0.15, 0.2) is 5.13 Å². The molecule has 2 rings (SSSR count). The predicted octanol–water partition coefficient (Wildman–Crippen LogP) is 1.89. The van der Waals surface area contributed by atoms with Gasteiger partial charge in [-0.2, -0.15) is 0 Å². The molecule has 0 atom stereocenters. The Morgan fingerprint density at radius 2 is 2.36 bits per heavy atom. The number of nitrogen functional groups attached to an aromatic ring is 1. The Labute approximate surface area is 87.4 Å². The first-order chi connectivity index (χ1) is 6.88. The summed E-state index contributed by atoms with van der Waals surface area (Å²) in [5, 5.41) is 0.745. The molecular formula is C9H15N3OS. The molecule has 0 aromatic carbocycles. The average Bonchev–Trinajstić information content (AvgIpc) is 2.86. The summed E-state index contributed by atoms with van der Waals surface area (Å²) in [5.41, 5.74) is 2.53. The maximum atomic E-state index is 5.75. The van der Waals surface area contributed by atoms with Crippen molar-refractivity contribution in [1.82, 2.24) is 4.98 Å². The molecule has 14 heavy (non-hydrogen) atoms. The predicted molar refractivity (Wildman–Crippen MR) is 57.0 cm³/mol. The van der Waals surface area contributed by atoms with Crippen molar-refractivity contribution in [2.75, 3.05) is 5.43 Å². The number of nitrogens with zero attached hydrogens (tertiary/aromatic N) is 1. The quantitative estimate of drug-likeness (QED) is 0.592. The molecule has 4 nitrogen and oxygen atoms in total. The lowest BCUT2D eigenvalue weighted by Crippen LogP contribution is -2.06. The highest BCUT2D eigenvalue weighted by atomic mass is 32.1. The highest BCUT2D eigenvalue weighted by Gasteiger charge is 2.15. The van der Waals surface area contributed by atoms with E-state index in [1.165, 1.54) is 25.7 Å². The third kappa shape index (κ3) is 2.43. The fraction of sp³-hybridized carbons (Fsp3) is 0.667. The molecule has 1 aliphatic carbocycles. The number of hydrazine groups is 1. The Bertz CT molecular complexity index is 283. The van der Waals surface area contributed by atoms with Crippen molar-refractivity contribution in [1.29, 1.82) is 0 Å². The minimum atomic E-state index is 0.464. The fourth-order valence-corrected chi connectivity index (χ4v) is 2.34. The molecule has 0 radical (unpaired) electrons. The molecule has 0 bridgehead atoms. The van der Waals surface area contributed by atoms with Crippen LogP contribution in [-0.4, -0.2) is 11.1 Å². The molecule has 1 heterocycles. The van der Waals surface area contributed by atoms with Crippen molar-refractivity contribution in [3.8, 4) is 0 Å². The number of rotatable bonds is 4. The number of thiazole rings is 1. The molecular weight excluding hydrogens is 198 g/mol. The average molecular weight is 213 g/mol. The van der Waals surface area contributed by atoms with Crippen LogP contribution in [0.2, 0.25) is 0 Å². The molecule has 0 aliphatic heterocycles. The van der Waals surface area contributed by atoms with Crippen LogP contribution in [0.1, 0.15) is 30.6 Å². The van der Waals surface area contributed by atoms with Crippen molar-refractivity contribution in [2.45, 2.75) is 38.4 Å². The van der Waals surface area contributed by atoms with Crippen LogP contribution in [0.15, 0.2) is 6.20 Å². The van der Waals surface area contributed by atoms with Gasteiger partial charge >= 0.3 is 0 Å². The number of nitrogens with one attached hydrogen (secondary N) is 1. The lowest BCUT2D eigenvalue weighted by Gasteiger charge is -2.08. The molecule has 1 aliphatic rings. The van der Waals surface area contributed by atoms with Gasteiger partial charge in [0.1, 0.15) is 0 Å². The van der Waals surface area contributed by atoms with E-state index in [4.69, 9.17) is 10.6 Å². The molecule has 0 spiro atoms. The minimum Gasteiger partial charge on any atom is -0.373 e. The standard InChI is InChI=1S/C9H15N3OS/c10-12-9-11-5-8(14-9)6-13-7-3-1-2-4-7/h5,7H,1-4,6,10H2,(H,11,12). The molecule has 0 saturated heterocycles. The van der Waals surface area contributed by atoms with Gasteiger partial charge in [0, 0.05) is 6.20 Å². The number of anilines is 1. The summed E-state index contributed by atoms with van der Waals surface area (Å²) in [6, 6.07) is 0. The van der Waals surface area contributed by atoms with E-state index in [0.29, 0.717) is 12.7 Å². The zero-order chi connectivity index (χ0) is 9.80. The smallest absolute Gasteiger partial charge is 0.197 e. The third-order valence-electron chi connectivity index (χ3n) is 2.44. The first-order valence-corrected chi connectivity index (χ1v) is 5.73. The molecule has 78 valence electrons. The van der Waals surface area contributed by atoms with Gasteiger partial charge in [-0.15, -0.1) is 0 Å². The Morgan fingerprint density at radius 1 is 1.57 bits per heavy atom. The molecule has 1 aromatic rings. The van der Waals surface area contributed by atoms with E-state index in [2.05, 4.69) is 10.4 Å². The van der Waals surface area contributed by atoms with Crippen molar-refractivity contribution in [2.24, 2.45) is 5.84 Å². The van der Waals surface area contributed by atoms with Gasteiger partial charge in [-0.05, 0) is 12.8 Å². The molecule has 3 N–H and O–H groups in total. The fourth-order valence-electron chi connectivity index (χ4n) is 1.70. The lowest BCUT2D eigenvalue weighted by atomic mass is 10.3. The molecule has 0 amide bonds. The van der Waals surface area contributed by atoms with E-state index in [1.807, 2.05) is 6.20 Å². The van der Waals surface area contributed by atoms with Crippen LogP contribution in [0.3, 0.4) is 0 Å². The number of hydrogen-bond acceptors (Lipinski definition) is 5. The summed E-state index contributed by atoms with van der Waals surface area (Å²) in [5.74, 6) is 5.24. The number of aromatic nitrogens is 1. The summed E-state index contributed by atoms with van der Waals surface area (Å²) in [4.78, 5) is 5.21. The van der Waals surface area contributed by atoms with Crippen molar-refractivity contribution >= 4 is 16.5 Å². The van der Waals surface area contributed by atoms with Gasteiger partial charge in [0.2, 0.25) is 0 Å². The van der Waals surface area contributed by atoms with Gasteiger partial charge in [-0.1, -0.05) is 24.2 Å².